The van der Waals surface area contributed by atoms with E-state index in [2.05, 4.69) is 11.9 Å². The van der Waals surface area contributed by atoms with Gasteiger partial charge in [0.2, 0.25) is 0 Å². The molecule has 0 aliphatic heterocycles. The number of aryl methyl sites for hydroxylation is 1. The highest BCUT2D eigenvalue weighted by Crippen LogP contribution is 2.30. The van der Waals surface area contributed by atoms with Gasteiger partial charge in [-0.15, -0.1) is 11.3 Å². The highest BCUT2D eigenvalue weighted by atomic mass is 32.1. The van der Waals surface area contributed by atoms with Crippen LogP contribution in [-0.2, 0) is 17.8 Å². The molecule has 0 unspecified atom stereocenters. The molecule has 0 atom stereocenters. The lowest BCUT2D eigenvalue weighted by molar-refractivity contribution is -0.117. The van der Waals surface area contributed by atoms with Crippen LogP contribution in [0.5, 0.6) is 0 Å². The van der Waals surface area contributed by atoms with Crippen LogP contribution in [0.25, 0.3) is 21.3 Å². The van der Waals surface area contributed by atoms with Crippen molar-refractivity contribution in [1.82, 2.24) is 9.55 Å². The Hall–Kier alpha value is -2.47. The van der Waals surface area contributed by atoms with Gasteiger partial charge in [-0.1, -0.05) is 31.2 Å². The van der Waals surface area contributed by atoms with Gasteiger partial charge in [0, 0.05) is 23.9 Å². The number of rotatable bonds is 5. The number of carbonyl (C=O) groups is 1. The van der Waals surface area contributed by atoms with E-state index >= 15 is 0 Å². The van der Waals surface area contributed by atoms with Crippen LogP contribution in [-0.4, -0.2) is 15.3 Å². The summed E-state index contributed by atoms with van der Waals surface area (Å²) in [5.74, 6) is -0.0536. The van der Waals surface area contributed by atoms with Gasteiger partial charge in [-0.05, 0) is 24.5 Å². The third-order valence-electron chi connectivity index (χ3n) is 4.08. The molecule has 24 heavy (non-hydrogen) atoms. The molecule has 0 bridgehead atoms. The summed E-state index contributed by atoms with van der Waals surface area (Å²) in [6.45, 7) is 3.64. The van der Waals surface area contributed by atoms with Crippen LogP contribution in [0, 0.1) is 0 Å². The van der Waals surface area contributed by atoms with Gasteiger partial charge in [-0.25, -0.2) is 4.79 Å². The average molecular weight is 342 g/mol. The van der Waals surface area contributed by atoms with Gasteiger partial charge in [0.1, 0.15) is 10.6 Å². The SMILES string of the molecule is CCc1ccc(-c2csc3[nH]c(=O)n(CCC(C)=O)c(=O)c23)cc1. The zero-order chi connectivity index (χ0) is 17.3. The van der Waals surface area contributed by atoms with Gasteiger partial charge in [0.15, 0.2) is 0 Å². The van der Waals surface area contributed by atoms with E-state index in [0.29, 0.717) is 10.2 Å². The average Bonchev–Trinajstić information content (AvgIpc) is 2.98. The second kappa shape index (κ2) is 6.57. The second-order valence-electron chi connectivity index (χ2n) is 5.74. The molecule has 1 aromatic carbocycles. The highest BCUT2D eigenvalue weighted by Gasteiger charge is 2.15. The predicted molar refractivity (Wildman–Crippen MR) is 96.8 cm³/mol. The number of ketones is 1. The number of aromatic amines is 1. The third-order valence-corrected chi connectivity index (χ3v) is 4.97. The van der Waals surface area contributed by atoms with E-state index in [-0.39, 0.29) is 24.3 Å². The molecule has 0 fully saturated rings. The van der Waals surface area contributed by atoms with E-state index in [1.165, 1.54) is 23.8 Å². The minimum absolute atomic E-state index is 0.0536. The molecule has 0 saturated heterocycles. The molecule has 124 valence electrons. The number of nitrogens with zero attached hydrogens (tertiary/aromatic N) is 1. The summed E-state index contributed by atoms with van der Waals surface area (Å²) >= 11 is 1.34. The van der Waals surface area contributed by atoms with Crippen molar-refractivity contribution < 1.29 is 4.79 Å². The Bertz CT molecular complexity index is 1010. The minimum Gasteiger partial charge on any atom is -0.300 e. The van der Waals surface area contributed by atoms with Crippen molar-refractivity contribution in [3.05, 3.63) is 56.0 Å². The number of Topliss-reactive ketones (excluding diaryl/α,β-unsaturated/α-hetero) is 1. The maximum Gasteiger partial charge on any atom is 0.329 e. The molecule has 0 aliphatic carbocycles. The molecule has 0 aliphatic rings. The van der Waals surface area contributed by atoms with Crippen molar-refractivity contribution in [3.8, 4) is 11.1 Å². The minimum atomic E-state index is -0.469. The van der Waals surface area contributed by atoms with Crippen LogP contribution in [0.1, 0.15) is 25.8 Å². The molecular weight excluding hydrogens is 324 g/mol. The summed E-state index contributed by atoms with van der Waals surface area (Å²) < 4.78 is 1.11. The summed E-state index contributed by atoms with van der Waals surface area (Å²) in [7, 11) is 0. The summed E-state index contributed by atoms with van der Waals surface area (Å²) in [5, 5.41) is 2.39. The van der Waals surface area contributed by atoms with Crippen LogP contribution in [0.2, 0.25) is 0 Å². The van der Waals surface area contributed by atoms with Crippen LogP contribution in [0.15, 0.2) is 39.2 Å². The van der Waals surface area contributed by atoms with E-state index in [4.69, 9.17) is 0 Å². The molecule has 6 heteroatoms. The Labute approximate surface area is 142 Å². The number of carbonyl (C=O) groups excluding carboxylic acids is 1. The number of nitrogens with one attached hydrogen (secondary N) is 1. The first-order chi connectivity index (χ1) is 11.5. The molecule has 0 spiro atoms. The summed E-state index contributed by atoms with van der Waals surface area (Å²) in [4.78, 5) is 39.4. The van der Waals surface area contributed by atoms with Crippen LogP contribution >= 0.6 is 11.3 Å². The van der Waals surface area contributed by atoms with Gasteiger partial charge in [-0.3, -0.25) is 19.1 Å². The predicted octanol–water partition coefficient (Wildman–Crippen LogP) is 2.96. The van der Waals surface area contributed by atoms with Crippen LogP contribution < -0.4 is 11.2 Å². The van der Waals surface area contributed by atoms with E-state index in [9.17, 15) is 14.4 Å². The fourth-order valence-electron chi connectivity index (χ4n) is 2.66. The van der Waals surface area contributed by atoms with Crippen molar-refractivity contribution in [2.45, 2.75) is 33.2 Å². The first-order valence-corrected chi connectivity index (χ1v) is 8.72. The van der Waals surface area contributed by atoms with Gasteiger partial charge in [0.25, 0.3) is 5.56 Å². The van der Waals surface area contributed by atoms with Gasteiger partial charge >= 0.3 is 5.69 Å². The zero-order valence-corrected chi connectivity index (χ0v) is 14.4. The Kier molecular flexibility index (Phi) is 4.49. The summed E-state index contributed by atoms with van der Waals surface area (Å²) in [5.41, 5.74) is 2.18. The maximum absolute atomic E-state index is 12.8. The number of hydrogen-bond acceptors (Lipinski definition) is 4. The molecule has 0 saturated carbocycles. The third kappa shape index (κ3) is 2.97. The largest absolute Gasteiger partial charge is 0.329 e. The second-order valence-corrected chi connectivity index (χ2v) is 6.62. The molecule has 3 aromatic rings. The number of aromatic nitrogens is 2. The fourth-order valence-corrected chi connectivity index (χ4v) is 3.61. The quantitative estimate of drug-likeness (QED) is 0.775. The first-order valence-electron chi connectivity index (χ1n) is 7.84. The Morgan fingerprint density at radius 2 is 1.92 bits per heavy atom. The Balaban J connectivity index is 2.16. The molecule has 2 aromatic heterocycles. The lowest BCUT2D eigenvalue weighted by Crippen LogP contribution is -2.35. The van der Waals surface area contributed by atoms with Crippen molar-refractivity contribution in [2.24, 2.45) is 0 Å². The highest BCUT2D eigenvalue weighted by molar-refractivity contribution is 7.17. The van der Waals surface area contributed by atoms with Gasteiger partial charge < -0.3 is 0 Å². The Morgan fingerprint density at radius 1 is 1.21 bits per heavy atom. The standard InChI is InChI=1S/C18H18N2O3S/c1-3-12-4-6-13(7-5-12)14-10-24-16-15(14)17(22)20(18(23)19-16)9-8-11(2)21/h4-7,10H,3,8-9H2,1-2H3,(H,19,23). The molecule has 0 amide bonds. The zero-order valence-electron chi connectivity index (χ0n) is 13.6. The van der Waals surface area contributed by atoms with Crippen molar-refractivity contribution in [2.75, 3.05) is 0 Å². The van der Waals surface area contributed by atoms with E-state index in [1.807, 2.05) is 29.6 Å². The normalized spacial score (nSPS) is 11.1. The first kappa shape index (κ1) is 16.4. The van der Waals surface area contributed by atoms with Gasteiger partial charge in [-0.2, -0.15) is 0 Å². The number of benzene rings is 1. The van der Waals surface area contributed by atoms with Crippen LogP contribution in [0.3, 0.4) is 0 Å². The molecule has 1 N–H and O–H groups in total. The summed E-state index contributed by atoms with van der Waals surface area (Å²) in [6.07, 6.45) is 1.12. The number of hydrogen-bond donors (Lipinski definition) is 1. The van der Waals surface area contributed by atoms with Crippen LogP contribution in [0.4, 0.5) is 0 Å². The fraction of sp³-hybridized carbons (Fsp3) is 0.278. The molecular formula is C18H18N2O3S. The molecule has 5 nitrogen and oxygen atoms in total. The smallest absolute Gasteiger partial charge is 0.300 e. The lowest BCUT2D eigenvalue weighted by atomic mass is 10.0. The van der Waals surface area contributed by atoms with E-state index in [1.54, 1.807) is 0 Å². The topological polar surface area (TPSA) is 71.9 Å². The molecule has 2 heterocycles. The van der Waals surface area contributed by atoms with Gasteiger partial charge in [0.05, 0.1) is 5.39 Å². The number of thiophene rings is 1. The van der Waals surface area contributed by atoms with E-state index in [0.717, 1.165) is 22.1 Å². The van der Waals surface area contributed by atoms with Crippen molar-refractivity contribution in [1.29, 1.82) is 0 Å². The molecule has 0 radical (unpaired) electrons. The van der Waals surface area contributed by atoms with Crippen molar-refractivity contribution in [3.63, 3.8) is 0 Å². The van der Waals surface area contributed by atoms with E-state index < -0.39 is 5.69 Å². The van der Waals surface area contributed by atoms with Crippen molar-refractivity contribution >= 4 is 27.3 Å². The summed E-state index contributed by atoms with van der Waals surface area (Å²) in [6, 6.07) is 8.06. The maximum atomic E-state index is 12.8. The monoisotopic (exact) mass is 342 g/mol. The number of H-pyrrole nitrogens is 1. The molecule has 3 rings (SSSR count). The number of fused-ring (bicyclic) bond motifs is 1. The lowest BCUT2D eigenvalue weighted by Gasteiger charge is -2.05. The Morgan fingerprint density at radius 3 is 2.54 bits per heavy atom.